The van der Waals surface area contributed by atoms with Gasteiger partial charge in [0.05, 0.1) is 0 Å². The maximum Gasteiger partial charge on any atom is 0.573 e. The van der Waals surface area contributed by atoms with E-state index in [9.17, 15) is 13.2 Å². The second-order valence-corrected chi connectivity index (χ2v) is 6.27. The molecule has 0 radical (unpaired) electrons. The van der Waals surface area contributed by atoms with Gasteiger partial charge in [-0.3, -0.25) is 4.84 Å². The minimum Gasteiger partial charge on any atom is -0.439 e. The Bertz CT molecular complexity index is 1020. The van der Waals surface area contributed by atoms with Crippen LogP contribution in [0.5, 0.6) is 11.5 Å². The summed E-state index contributed by atoms with van der Waals surface area (Å²) in [6, 6.07) is 12.4. The van der Waals surface area contributed by atoms with Crippen LogP contribution in [0.2, 0.25) is 0 Å². The third-order valence-electron chi connectivity index (χ3n) is 4.10. The van der Waals surface area contributed by atoms with Crippen molar-refractivity contribution in [3.8, 4) is 23.0 Å². The minimum atomic E-state index is -4.74. The fourth-order valence-electron chi connectivity index (χ4n) is 2.76. The van der Waals surface area contributed by atoms with Gasteiger partial charge in [0.2, 0.25) is 18.2 Å². The molecule has 0 bridgehead atoms. The topological polar surface area (TPSA) is 78.6 Å². The lowest BCUT2D eigenvalue weighted by Crippen LogP contribution is -2.23. The van der Waals surface area contributed by atoms with Gasteiger partial charge in [-0.25, -0.2) is 5.48 Å². The number of hydrogen-bond donors (Lipinski definition) is 1. The SMILES string of the molecule is C[C@@]1(c2ccc(OC(F)(F)F)cc2)C=C(Oc2cccc(-c3nnco3)c2)NO1. The molecule has 2 aromatic carbocycles. The number of nitrogens with one attached hydrogen (secondary N) is 1. The Morgan fingerprint density at radius 2 is 1.86 bits per heavy atom. The molecule has 0 unspecified atom stereocenters. The Labute approximate surface area is 162 Å². The molecular weight excluding hydrogens is 391 g/mol. The Kier molecular flexibility index (Phi) is 4.63. The lowest BCUT2D eigenvalue weighted by atomic mass is 9.96. The number of aromatic nitrogens is 2. The molecule has 0 saturated carbocycles. The van der Waals surface area contributed by atoms with E-state index in [2.05, 4.69) is 20.4 Å². The van der Waals surface area contributed by atoms with Crippen LogP contribution in [0, 0.1) is 0 Å². The molecule has 10 heteroatoms. The minimum absolute atomic E-state index is 0.311. The average Bonchev–Trinajstić information content (AvgIpc) is 3.32. The van der Waals surface area contributed by atoms with Crippen LogP contribution < -0.4 is 15.0 Å². The predicted molar refractivity (Wildman–Crippen MR) is 93.1 cm³/mol. The van der Waals surface area contributed by atoms with E-state index in [1.54, 1.807) is 37.3 Å². The van der Waals surface area contributed by atoms with Gasteiger partial charge >= 0.3 is 6.36 Å². The number of nitrogens with zero attached hydrogens (tertiary/aromatic N) is 2. The zero-order valence-corrected chi connectivity index (χ0v) is 14.9. The number of halogens is 3. The molecule has 0 fully saturated rings. The first-order chi connectivity index (χ1) is 13.8. The molecule has 7 nitrogen and oxygen atoms in total. The summed E-state index contributed by atoms with van der Waals surface area (Å²) in [7, 11) is 0. The first-order valence-corrected chi connectivity index (χ1v) is 8.38. The molecule has 1 aliphatic rings. The average molecular weight is 405 g/mol. The zero-order chi connectivity index (χ0) is 20.5. The Morgan fingerprint density at radius 3 is 2.55 bits per heavy atom. The standard InChI is InChI=1S/C19H14F3N3O4/c1-18(13-5-7-14(8-6-13)28-19(20,21)22)10-16(25-29-18)27-15-4-2-3-12(9-15)17-24-23-11-26-17/h2-11,25H,1H3/t18-/m0/s1. The second-order valence-electron chi connectivity index (χ2n) is 6.27. The van der Waals surface area contributed by atoms with Crippen molar-refractivity contribution in [1.29, 1.82) is 0 Å². The molecule has 1 N–H and O–H groups in total. The zero-order valence-electron chi connectivity index (χ0n) is 14.9. The molecule has 0 spiro atoms. The van der Waals surface area contributed by atoms with Crippen LogP contribution in [-0.2, 0) is 10.4 Å². The molecule has 0 aliphatic carbocycles. The van der Waals surface area contributed by atoms with Crippen molar-refractivity contribution in [2.75, 3.05) is 0 Å². The van der Waals surface area contributed by atoms with Crippen LogP contribution in [0.25, 0.3) is 11.5 Å². The Balaban J connectivity index is 1.49. The highest BCUT2D eigenvalue weighted by molar-refractivity contribution is 5.55. The smallest absolute Gasteiger partial charge is 0.439 e. The number of hydrogen-bond acceptors (Lipinski definition) is 7. The van der Waals surface area contributed by atoms with Crippen LogP contribution in [0.15, 0.2) is 71.3 Å². The maximum atomic E-state index is 12.3. The lowest BCUT2D eigenvalue weighted by Gasteiger charge is -2.20. The highest BCUT2D eigenvalue weighted by atomic mass is 19.4. The normalized spacial score (nSPS) is 18.8. The first-order valence-electron chi connectivity index (χ1n) is 8.38. The third kappa shape index (κ3) is 4.32. The summed E-state index contributed by atoms with van der Waals surface area (Å²) in [5, 5.41) is 7.48. The van der Waals surface area contributed by atoms with Crippen LogP contribution >= 0.6 is 0 Å². The molecular formula is C19H14F3N3O4. The summed E-state index contributed by atoms with van der Waals surface area (Å²) in [6.45, 7) is 1.74. The fraction of sp³-hybridized carbons (Fsp3) is 0.158. The fourth-order valence-corrected chi connectivity index (χ4v) is 2.76. The van der Waals surface area contributed by atoms with Gasteiger partial charge in [0.15, 0.2) is 0 Å². The van der Waals surface area contributed by atoms with Gasteiger partial charge < -0.3 is 13.9 Å². The molecule has 1 aliphatic heterocycles. The molecule has 2 heterocycles. The first kappa shape index (κ1) is 18.8. The number of benzene rings is 2. The van der Waals surface area contributed by atoms with Crippen molar-refractivity contribution < 1.29 is 31.9 Å². The summed E-state index contributed by atoms with van der Waals surface area (Å²) in [6.07, 6.45) is -1.84. The van der Waals surface area contributed by atoms with E-state index in [-0.39, 0.29) is 5.75 Å². The molecule has 0 saturated heterocycles. The molecule has 0 amide bonds. The van der Waals surface area contributed by atoms with Crippen molar-refractivity contribution in [3.63, 3.8) is 0 Å². The summed E-state index contributed by atoms with van der Waals surface area (Å²) in [4.78, 5) is 5.58. The quantitative estimate of drug-likeness (QED) is 0.678. The van der Waals surface area contributed by atoms with Crippen molar-refractivity contribution in [2.45, 2.75) is 18.9 Å². The van der Waals surface area contributed by atoms with Crippen LogP contribution in [-0.4, -0.2) is 16.6 Å². The molecule has 1 atom stereocenters. The molecule has 1 aromatic heterocycles. The van der Waals surface area contributed by atoms with Gasteiger partial charge in [0.1, 0.15) is 17.1 Å². The van der Waals surface area contributed by atoms with Crippen LogP contribution in [0.4, 0.5) is 13.2 Å². The highest BCUT2D eigenvalue weighted by Crippen LogP contribution is 2.34. The third-order valence-corrected chi connectivity index (χ3v) is 4.10. The van der Waals surface area contributed by atoms with E-state index in [4.69, 9.17) is 14.0 Å². The van der Waals surface area contributed by atoms with E-state index in [1.165, 1.54) is 30.7 Å². The van der Waals surface area contributed by atoms with E-state index in [0.717, 1.165) is 0 Å². The lowest BCUT2D eigenvalue weighted by molar-refractivity contribution is -0.274. The van der Waals surface area contributed by atoms with Gasteiger partial charge in [-0.2, -0.15) is 0 Å². The van der Waals surface area contributed by atoms with Crippen molar-refractivity contribution in [2.24, 2.45) is 0 Å². The van der Waals surface area contributed by atoms with Crippen molar-refractivity contribution >= 4 is 0 Å². The van der Waals surface area contributed by atoms with Gasteiger partial charge in [-0.15, -0.1) is 23.4 Å². The molecule has 3 aromatic rings. The molecule has 150 valence electrons. The van der Waals surface area contributed by atoms with Crippen molar-refractivity contribution in [1.82, 2.24) is 15.7 Å². The summed E-state index contributed by atoms with van der Waals surface area (Å²) >= 11 is 0. The number of hydroxylamine groups is 1. The van der Waals surface area contributed by atoms with E-state index >= 15 is 0 Å². The number of alkyl halides is 3. The number of ether oxygens (including phenoxy) is 2. The van der Waals surface area contributed by atoms with Gasteiger partial charge in [0, 0.05) is 11.6 Å². The van der Waals surface area contributed by atoms with Gasteiger partial charge in [-0.1, -0.05) is 18.2 Å². The molecule has 29 heavy (non-hydrogen) atoms. The highest BCUT2D eigenvalue weighted by Gasteiger charge is 2.34. The monoisotopic (exact) mass is 405 g/mol. The van der Waals surface area contributed by atoms with E-state index in [0.29, 0.717) is 28.7 Å². The number of rotatable bonds is 5. The Hall–Kier alpha value is -3.53. The molecule has 4 rings (SSSR count). The maximum absolute atomic E-state index is 12.3. The van der Waals surface area contributed by atoms with Crippen LogP contribution in [0.1, 0.15) is 12.5 Å². The summed E-state index contributed by atoms with van der Waals surface area (Å²) < 4.78 is 51.7. The van der Waals surface area contributed by atoms with Crippen LogP contribution in [0.3, 0.4) is 0 Å². The summed E-state index contributed by atoms with van der Waals surface area (Å²) in [5.74, 6) is 0.868. The van der Waals surface area contributed by atoms with Crippen molar-refractivity contribution in [3.05, 3.63) is 72.4 Å². The largest absolute Gasteiger partial charge is 0.573 e. The Morgan fingerprint density at radius 1 is 1.07 bits per heavy atom. The van der Waals surface area contributed by atoms with Gasteiger partial charge in [-0.05, 0) is 42.8 Å². The van der Waals surface area contributed by atoms with Gasteiger partial charge in [0.25, 0.3) is 0 Å². The van der Waals surface area contributed by atoms with E-state index in [1.807, 2.05) is 0 Å². The second kappa shape index (κ2) is 7.13. The predicted octanol–water partition coefficient (Wildman–Crippen LogP) is 4.31. The summed E-state index contributed by atoms with van der Waals surface area (Å²) in [5.41, 5.74) is 3.02. The van der Waals surface area contributed by atoms with E-state index < -0.39 is 12.0 Å².